The van der Waals surface area contributed by atoms with Crippen LogP contribution < -0.4 is 10.6 Å². The van der Waals surface area contributed by atoms with E-state index in [2.05, 4.69) is 20.8 Å². The van der Waals surface area contributed by atoms with Gasteiger partial charge in [0.2, 0.25) is 0 Å². The Morgan fingerprint density at radius 2 is 2.00 bits per heavy atom. The van der Waals surface area contributed by atoms with Crippen molar-refractivity contribution in [3.05, 3.63) is 47.3 Å². The third-order valence-corrected chi connectivity index (χ3v) is 3.34. The molecule has 130 valence electrons. The Hall–Kier alpha value is -2.62. The van der Waals surface area contributed by atoms with Crippen LogP contribution in [0.3, 0.4) is 0 Å². The Morgan fingerprint density at radius 1 is 1.33 bits per heavy atom. The van der Waals surface area contributed by atoms with E-state index in [0.29, 0.717) is 24.5 Å². The number of hydrogen-bond donors (Lipinski definition) is 3. The molecule has 0 saturated carbocycles. The molecule has 0 aliphatic carbocycles. The van der Waals surface area contributed by atoms with Crippen molar-refractivity contribution in [2.75, 3.05) is 6.61 Å². The third kappa shape index (κ3) is 4.02. The summed E-state index contributed by atoms with van der Waals surface area (Å²) in [5.41, 5.74) is -0.0965. The molecule has 1 aromatic heterocycles. The van der Waals surface area contributed by atoms with Crippen molar-refractivity contribution in [3.63, 3.8) is 0 Å². The van der Waals surface area contributed by atoms with Gasteiger partial charge in [0.25, 0.3) is 0 Å². The molecule has 0 spiro atoms. The number of aryl methyl sites for hydroxylation is 1. The maximum Gasteiger partial charge on any atom is 0.315 e. The van der Waals surface area contributed by atoms with E-state index in [-0.39, 0.29) is 12.1 Å². The number of aliphatic hydroxyl groups excluding tert-OH is 1. The number of hydrogen-bond acceptors (Lipinski definition) is 4. The molecule has 1 atom stereocenters. The monoisotopic (exact) mass is 343 g/mol. The highest BCUT2D eigenvalue weighted by molar-refractivity contribution is 5.74. The number of halogens is 3. The normalized spacial score (nSPS) is 12.0. The number of carbonyl (C=O) groups excluding carboxylic acids is 1. The molecule has 3 N–H and O–H groups in total. The van der Waals surface area contributed by atoms with E-state index in [1.807, 2.05) is 6.92 Å². The van der Waals surface area contributed by atoms with Gasteiger partial charge in [0, 0.05) is 6.54 Å². The summed E-state index contributed by atoms with van der Waals surface area (Å²) in [6, 6.07) is -0.357. The van der Waals surface area contributed by atoms with Gasteiger partial charge in [-0.25, -0.2) is 18.0 Å². The number of urea groups is 1. The summed E-state index contributed by atoms with van der Waals surface area (Å²) in [5, 5.41) is 21.7. The highest BCUT2D eigenvalue weighted by atomic mass is 19.2. The number of aliphatic hydroxyl groups is 1. The number of rotatable bonds is 6. The number of nitrogens with one attached hydrogen (secondary N) is 2. The molecular weight excluding hydrogens is 327 g/mol. The summed E-state index contributed by atoms with van der Waals surface area (Å²) in [6.45, 7) is 1.96. The van der Waals surface area contributed by atoms with Gasteiger partial charge in [0.1, 0.15) is 6.33 Å². The zero-order valence-corrected chi connectivity index (χ0v) is 12.8. The summed E-state index contributed by atoms with van der Waals surface area (Å²) < 4.78 is 41.2. The quantitative estimate of drug-likeness (QED) is 0.689. The summed E-state index contributed by atoms with van der Waals surface area (Å²) in [4.78, 5) is 11.9. The molecular formula is C14H16F3N5O2. The molecule has 7 nitrogen and oxygen atoms in total. The van der Waals surface area contributed by atoms with Crippen molar-refractivity contribution in [1.29, 1.82) is 0 Å². The van der Waals surface area contributed by atoms with Gasteiger partial charge in [0.15, 0.2) is 23.3 Å². The van der Waals surface area contributed by atoms with E-state index in [4.69, 9.17) is 0 Å². The van der Waals surface area contributed by atoms with E-state index in [0.717, 1.165) is 0 Å². The first kappa shape index (κ1) is 17.7. The minimum Gasteiger partial charge on any atom is -0.394 e. The second-order valence-electron chi connectivity index (χ2n) is 4.89. The fourth-order valence-corrected chi connectivity index (χ4v) is 2.06. The highest BCUT2D eigenvalue weighted by Crippen LogP contribution is 2.19. The van der Waals surface area contributed by atoms with Gasteiger partial charge in [-0.2, -0.15) is 0 Å². The molecule has 0 saturated heterocycles. The van der Waals surface area contributed by atoms with Crippen LogP contribution in [-0.4, -0.2) is 32.5 Å². The molecule has 10 heteroatoms. The van der Waals surface area contributed by atoms with Crippen molar-refractivity contribution in [3.8, 4) is 0 Å². The number of amides is 2. The van der Waals surface area contributed by atoms with Crippen molar-refractivity contribution in [1.82, 2.24) is 25.4 Å². The molecule has 0 radical (unpaired) electrons. The van der Waals surface area contributed by atoms with Crippen molar-refractivity contribution in [2.24, 2.45) is 0 Å². The topological polar surface area (TPSA) is 92.1 Å². The number of aromatic nitrogens is 3. The molecule has 0 fully saturated rings. The predicted molar refractivity (Wildman–Crippen MR) is 77.2 cm³/mol. The lowest BCUT2D eigenvalue weighted by Crippen LogP contribution is -2.39. The van der Waals surface area contributed by atoms with Gasteiger partial charge < -0.3 is 20.3 Å². The van der Waals surface area contributed by atoms with Gasteiger partial charge >= 0.3 is 6.03 Å². The standard InChI is InChI=1S/C14H16F3N5O2/c1-2-22-7-19-21-12(22)5-18-14(24)20-11(6-23)8-3-9(15)13(17)10(16)4-8/h3-4,7,11,23H,2,5-6H2,1H3,(H2,18,20,24). The molecule has 1 heterocycles. The largest absolute Gasteiger partial charge is 0.394 e. The molecule has 24 heavy (non-hydrogen) atoms. The molecule has 2 rings (SSSR count). The Labute approximate surface area is 135 Å². The van der Waals surface area contributed by atoms with E-state index in [9.17, 15) is 23.1 Å². The first-order valence-corrected chi connectivity index (χ1v) is 7.12. The fourth-order valence-electron chi connectivity index (χ4n) is 2.06. The highest BCUT2D eigenvalue weighted by Gasteiger charge is 2.19. The maximum absolute atomic E-state index is 13.2. The molecule has 2 amide bonds. The van der Waals surface area contributed by atoms with E-state index < -0.39 is 36.1 Å². The average molecular weight is 343 g/mol. The molecule has 1 aromatic carbocycles. The second-order valence-corrected chi connectivity index (χ2v) is 4.89. The first-order valence-electron chi connectivity index (χ1n) is 7.12. The van der Waals surface area contributed by atoms with Gasteiger partial charge in [-0.15, -0.1) is 10.2 Å². The molecule has 0 aliphatic rings. The summed E-state index contributed by atoms with van der Waals surface area (Å²) in [5.74, 6) is -3.89. The van der Waals surface area contributed by atoms with Crippen LogP contribution in [0.5, 0.6) is 0 Å². The van der Waals surface area contributed by atoms with Crippen LogP contribution in [0.15, 0.2) is 18.5 Å². The van der Waals surface area contributed by atoms with Crippen molar-refractivity contribution < 1.29 is 23.1 Å². The average Bonchev–Trinajstić information content (AvgIpc) is 3.02. The van der Waals surface area contributed by atoms with Crippen LogP contribution in [-0.2, 0) is 13.1 Å². The minimum atomic E-state index is -1.61. The predicted octanol–water partition coefficient (Wildman–Crippen LogP) is 1.25. The lowest BCUT2D eigenvalue weighted by Gasteiger charge is -2.17. The zero-order chi connectivity index (χ0) is 17.7. The van der Waals surface area contributed by atoms with Crippen LogP contribution in [0.4, 0.5) is 18.0 Å². The van der Waals surface area contributed by atoms with Crippen molar-refractivity contribution >= 4 is 6.03 Å². The third-order valence-electron chi connectivity index (χ3n) is 3.34. The number of carbonyl (C=O) groups is 1. The molecule has 0 bridgehead atoms. The van der Waals surface area contributed by atoms with Crippen LogP contribution in [0.25, 0.3) is 0 Å². The first-order chi connectivity index (χ1) is 11.5. The van der Waals surface area contributed by atoms with Crippen LogP contribution in [0.2, 0.25) is 0 Å². The van der Waals surface area contributed by atoms with Gasteiger partial charge in [-0.3, -0.25) is 0 Å². The number of nitrogens with zero attached hydrogens (tertiary/aromatic N) is 3. The molecule has 0 aliphatic heterocycles. The Kier molecular flexibility index (Phi) is 5.74. The Morgan fingerprint density at radius 3 is 2.58 bits per heavy atom. The van der Waals surface area contributed by atoms with E-state index in [1.54, 1.807) is 4.57 Å². The zero-order valence-electron chi connectivity index (χ0n) is 12.8. The van der Waals surface area contributed by atoms with E-state index >= 15 is 0 Å². The molecule has 1 unspecified atom stereocenters. The summed E-state index contributed by atoms with van der Waals surface area (Å²) in [7, 11) is 0. The lowest BCUT2D eigenvalue weighted by atomic mass is 10.1. The minimum absolute atomic E-state index is 0.0734. The fraction of sp³-hybridized carbons (Fsp3) is 0.357. The summed E-state index contributed by atoms with van der Waals surface area (Å²) in [6.07, 6.45) is 1.51. The Balaban J connectivity index is 2.01. The summed E-state index contributed by atoms with van der Waals surface area (Å²) >= 11 is 0. The molecule has 2 aromatic rings. The van der Waals surface area contributed by atoms with Gasteiger partial charge in [-0.05, 0) is 24.6 Å². The maximum atomic E-state index is 13.2. The van der Waals surface area contributed by atoms with Gasteiger partial charge in [-0.1, -0.05) is 0 Å². The number of benzene rings is 1. The van der Waals surface area contributed by atoms with Gasteiger partial charge in [0.05, 0.1) is 19.2 Å². The Bertz CT molecular complexity index is 699. The van der Waals surface area contributed by atoms with Crippen molar-refractivity contribution in [2.45, 2.75) is 26.1 Å². The smallest absolute Gasteiger partial charge is 0.315 e. The lowest BCUT2D eigenvalue weighted by molar-refractivity contribution is 0.216. The van der Waals surface area contributed by atoms with E-state index in [1.165, 1.54) is 6.33 Å². The van der Waals surface area contributed by atoms with Crippen LogP contribution in [0.1, 0.15) is 24.4 Å². The van der Waals surface area contributed by atoms with Crippen LogP contribution in [0, 0.1) is 17.5 Å². The SMILES string of the molecule is CCn1cnnc1CNC(=O)NC(CO)c1cc(F)c(F)c(F)c1. The second kappa shape index (κ2) is 7.77. The van der Waals surface area contributed by atoms with Crippen LogP contribution >= 0.6 is 0 Å².